The summed E-state index contributed by atoms with van der Waals surface area (Å²) in [4.78, 5) is -0.914. The van der Waals surface area contributed by atoms with Gasteiger partial charge in [-0.3, -0.25) is 0 Å². The van der Waals surface area contributed by atoms with E-state index in [1.807, 2.05) is 6.92 Å². The molecule has 3 nitrogen and oxygen atoms in total. The van der Waals surface area contributed by atoms with Crippen LogP contribution in [0.1, 0.15) is 39.0 Å². The van der Waals surface area contributed by atoms with E-state index in [0.717, 1.165) is 37.1 Å². The number of alkyl halides is 4. The molecule has 132 valence electrons. The number of rotatable bonds is 9. The SMILES string of the molecule is CCCCCCC(O)C(F)(F)C(F)(F)S(=O)(=O)c1ccccc1. The highest BCUT2D eigenvalue weighted by Gasteiger charge is 2.68. The zero-order valence-corrected chi connectivity index (χ0v) is 13.5. The van der Waals surface area contributed by atoms with E-state index >= 15 is 0 Å². The van der Waals surface area contributed by atoms with Gasteiger partial charge in [-0.05, 0) is 18.6 Å². The maximum atomic E-state index is 14.0. The standard InChI is InChI=1S/C15H20F4O3S/c1-2-3-4-8-11-13(20)14(16,17)15(18,19)23(21,22)12-9-6-5-7-10-12/h5-7,9-10,13,20H,2-4,8,11H2,1H3. The molecule has 0 aliphatic heterocycles. The van der Waals surface area contributed by atoms with Crippen LogP contribution >= 0.6 is 0 Å². The highest BCUT2D eigenvalue weighted by molar-refractivity contribution is 7.92. The Hall–Kier alpha value is -1.15. The molecule has 1 aromatic rings. The van der Waals surface area contributed by atoms with Crippen molar-refractivity contribution in [2.45, 2.75) is 61.2 Å². The summed E-state index contributed by atoms with van der Waals surface area (Å²) in [5.74, 6) is -5.08. The van der Waals surface area contributed by atoms with Crippen molar-refractivity contribution in [3.8, 4) is 0 Å². The molecule has 0 bridgehead atoms. The Labute approximate surface area is 133 Å². The average molecular weight is 356 g/mol. The van der Waals surface area contributed by atoms with E-state index in [-0.39, 0.29) is 6.42 Å². The number of hydrogen-bond donors (Lipinski definition) is 1. The van der Waals surface area contributed by atoms with Gasteiger partial charge in [0.25, 0.3) is 0 Å². The van der Waals surface area contributed by atoms with Gasteiger partial charge in [-0.15, -0.1) is 0 Å². The molecule has 23 heavy (non-hydrogen) atoms. The van der Waals surface area contributed by atoms with Crippen LogP contribution in [0.2, 0.25) is 0 Å². The summed E-state index contributed by atoms with van der Waals surface area (Å²) in [6.45, 7) is 1.88. The van der Waals surface area contributed by atoms with E-state index in [9.17, 15) is 31.1 Å². The normalized spacial score (nSPS) is 14.7. The maximum Gasteiger partial charge on any atom is 0.414 e. The van der Waals surface area contributed by atoms with Crippen LogP contribution in [0.25, 0.3) is 0 Å². The predicted octanol–water partition coefficient (Wildman–Crippen LogP) is 4.02. The molecule has 0 saturated carbocycles. The van der Waals surface area contributed by atoms with Crippen molar-refractivity contribution in [2.24, 2.45) is 0 Å². The van der Waals surface area contributed by atoms with Crippen molar-refractivity contribution in [3.05, 3.63) is 30.3 Å². The van der Waals surface area contributed by atoms with Gasteiger partial charge in [0.15, 0.2) is 0 Å². The zero-order valence-electron chi connectivity index (χ0n) is 12.7. The zero-order chi connectivity index (χ0) is 17.7. The van der Waals surface area contributed by atoms with E-state index in [2.05, 4.69) is 0 Å². The van der Waals surface area contributed by atoms with Crippen LogP contribution in [0.15, 0.2) is 35.2 Å². The fourth-order valence-corrected chi connectivity index (χ4v) is 3.37. The summed E-state index contributed by atoms with van der Waals surface area (Å²) < 4.78 is 79.5. The number of sulfone groups is 1. The monoisotopic (exact) mass is 356 g/mol. The lowest BCUT2D eigenvalue weighted by Gasteiger charge is -2.30. The minimum absolute atomic E-state index is 0.117. The summed E-state index contributed by atoms with van der Waals surface area (Å²) in [6, 6.07) is 5.31. The predicted molar refractivity (Wildman–Crippen MR) is 78.3 cm³/mol. The number of hydrogen-bond acceptors (Lipinski definition) is 3. The molecule has 1 rings (SSSR count). The van der Waals surface area contributed by atoms with E-state index in [4.69, 9.17) is 0 Å². The average Bonchev–Trinajstić information content (AvgIpc) is 2.51. The molecular formula is C15H20F4O3S. The Bertz CT molecular complexity index is 588. The summed E-state index contributed by atoms with van der Waals surface area (Å²) in [7, 11) is -5.62. The smallest absolute Gasteiger partial charge is 0.387 e. The van der Waals surface area contributed by atoms with Crippen LogP contribution < -0.4 is 0 Å². The van der Waals surface area contributed by atoms with E-state index in [1.165, 1.54) is 6.07 Å². The second kappa shape index (κ2) is 7.61. The Morgan fingerprint density at radius 1 is 1.04 bits per heavy atom. The lowest BCUT2D eigenvalue weighted by atomic mass is 10.0. The molecule has 8 heteroatoms. The Kier molecular flexibility index (Phi) is 6.59. The quantitative estimate of drug-likeness (QED) is 0.537. The van der Waals surface area contributed by atoms with Gasteiger partial charge in [-0.25, -0.2) is 8.42 Å². The topological polar surface area (TPSA) is 54.4 Å². The van der Waals surface area contributed by atoms with Crippen molar-refractivity contribution in [1.29, 1.82) is 0 Å². The van der Waals surface area contributed by atoms with Gasteiger partial charge in [-0.1, -0.05) is 50.8 Å². The third-order valence-corrected chi connectivity index (χ3v) is 5.37. The highest BCUT2D eigenvalue weighted by Crippen LogP contribution is 2.45. The lowest BCUT2D eigenvalue weighted by molar-refractivity contribution is -0.214. The summed E-state index contributed by atoms with van der Waals surface area (Å²) in [5.41, 5.74) is 0. The second-order valence-electron chi connectivity index (χ2n) is 5.32. The fraction of sp³-hybridized carbons (Fsp3) is 0.600. The molecule has 0 fully saturated rings. The molecular weight excluding hydrogens is 336 g/mol. The van der Waals surface area contributed by atoms with Gasteiger partial charge in [-0.2, -0.15) is 17.6 Å². The fourth-order valence-electron chi connectivity index (χ4n) is 2.07. The number of unbranched alkanes of at least 4 members (excludes halogenated alkanes) is 3. The molecule has 1 N–H and O–H groups in total. The van der Waals surface area contributed by atoms with Crippen molar-refractivity contribution in [1.82, 2.24) is 0 Å². The van der Waals surface area contributed by atoms with Gasteiger partial charge < -0.3 is 5.11 Å². The first-order valence-corrected chi connectivity index (χ1v) is 8.80. The van der Waals surface area contributed by atoms with E-state index in [1.54, 1.807) is 0 Å². The number of aliphatic hydroxyl groups excluding tert-OH is 1. The molecule has 1 aromatic carbocycles. The van der Waals surface area contributed by atoms with Crippen molar-refractivity contribution < 1.29 is 31.1 Å². The van der Waals surface area contributed by atoms with Crippen LogP contribution in [0, 0.1) is 0 Å². The Morgan fingerprint density at radius 3 is 2.13 bits per heavy atom. The largest absolute Gasteiger partial charge is 0.414 e. The molecule has 0 aliphatic carbocycles. The first-order chi connectivity index (χ1) is 10.6. The van der Waals surface area contributed by atoms with Gasteiger partial charge in [0.05, 0.1) is 4.90 Å². The van der Waals surface area contributed by atoms with Crippen LogP contribution in [0.5, 0.6) is 0 Å². The van der Waals surface area contributed by atoms with Crippen LogP contribution in [-0.4, -0.2) is 30.8 Å². The first-order valence-electron chi connectivity index (χ1n) is 7.32. The molecule has 0 amide bonds. The second-order valence-corrected chi connectivity index (χ2v) is 7.31. The molecule has 0 heterocycles. The maximum absolute atomic E-state index is 14.0. The third kappa shape index (κ3) is 4.03. The molecule has 1 unspecified atom stereocenters. The summed E-state index contributed by atoms with van der Waals surface area (Å²) in [6.07, 6.45) is -1.17. The minimum atomic E-state index is -5.62. The van der Waals surface area contributed by atoms with Crippen molar-refractivity contribution >= 4 is 9.84 Å². The molecule has 0 radical (unpaired) electrons. The molecule has 0 aliphatic rings. The van der Waals surface area contributed by atoms with Crippen LogP contribution in [0.3, 0.4) is 0 Å². The summed E-state index contributed by atoms with van der Waals surface area (Å²) in [5, 5.41) is 4.03. The first kappa shape index (κ1) is 19.9. The number of aliphatic hydroxyl groups is 1. The van der Waals surface area contributed by atoms with Crippen molar-refractivity contribution in [3.63, 3.8) is 0 Å². The molecule has 0 spiro atoms. The molecule has 0 aromatic heterocycles. The number of benzene rings is 1. The van der Waals surface area contributed by atoms with E-state index < -0.39 is 38.4 Å². The Morgan fingerprint density at radius 2 is 1.61 bits per heavy atom. The van der Waals surface area contributed by atoms with Gasteiger partial charge in [0.2, 0.25) is 9.84 Å². The van der Waals surface area contributed by atoms with Crippen molar-refractivity contribution in [2.75, 3.05) is 0 Å². The lowest BCUT2D eigenvalue weighted by Crippen LogP contribution is -2.54. The Balaban J connectivity index is 3.00. The minimum Gasteiger partial charge on any atom is -0.387 e. The third-order valence-electron chi connectivity index (χ3n) is 3.53. The molecule has 0 saturated heterocycles. The van der Waals surface area contributed by atoms with Gasteiger partial charge in [0, 0.05) is 0 Å². The van der Waals surface area contributed by atoms with Crippen LogP contribution in [0.4, 0.5) is 17.6 Å². The summed E-state index contributed by atoms with van der Waals surface area (Å²) >= 11 is 0. The van der Waals surface area contributed by atoms with Gasteiger partial charge in [0.1, 0.15) is 6.10 Å². The van der Waals surface area contributed by atoms with Crippen LogP contribution in [-0.2, 0) is 9.84 Å². The molecule has 1 atom stereocenters. The number of halogens is 4. The van der Waals surface area contributed by atoms with E-state index in [0.29, 0.717) is 6.42 Å². The highest BCUT2D eigenvalue weighted by atomic mass is 32.2. The van der Waals surface area contributed by atoms with Gasteiger partial charge >= 0.3 is 11.2 Å².